The van der Waals surface area contributed by atoms with Crippen molar-refractivity contribution in [3.05, 3.63) is 11.9 Å². The van der Waals surface area contributed by atoms with E-state index in [1.54, 1.807) is 0 Å². The third-order valence-electron chi connectivity index (χ3n) is 2.98. The number of hydrogen-bond acceptors (Lipinski definition) is 2. The van der Waals surface area contributed by atoms with Gasteiger partial charge in [0, 0.05) is 20.1 Å². The van der Waals surface area contributed by atoms with Crippen molar-refractivity contribution in [2.45, 2.75) is 32.6 Å². The Morgan fingerprint density at radius 3 is 2.64 bits per heavy atom. The number of rotatable bonds is 2. The molecule has 3 nitrogen and oxygen atoms in total. The van der Waals surface area contributed by atoms with Crippen LogP contribution in [0.3, 0.4) is 0 Å². The van der Waals surface area contributed by atoms with Gasteiger partial charge in [0.1, 0.15) is 6.20 Å². The summed E-state index contributed by atoms with van der Waals surface area (Å²) in [7, 11) is 2.00. The van der Waals surface area contributed by atoms with E-state index >= 15 is 0 Å². The van der Waals surface area contributed by atoms with Gasteiger partial charge in [-0.1, -0.05) is 6.92 Å². The summed E-state index contributed by atoms with van der Waals surface area (Å²) in [5.41, 5.74) is 2.54. The molecule has 77 valence electrons. The predicted octanol–water partition coefficient (Wildman–Crippen LogP) is 1.77. The maximum Gasteiger partial charge on any atom is 0.138 e. The van der Waals surface area contributed by atoms with Crippen LogP contribution in [0.25, 0.3) is 0 Å². The summed E-state index contributed by atoms with van der Waals surface area (Å²) < 4.78 is 1.95. The molecular weight excluding hydrogens is 174 g/mol. The standard InChI is InChI=1S/C11H18N3/c1-3-10-11(9-12-13(10)2)14-7-5-4-6-8-14/h3-8H2,1-2H3. The molecule has 1 fully saturated rings. The molecule has 0 spiro atoms. The molecule has 1 radical (unpaired) electrons. The van der Waals surface area contributed by atoms with Gasteiger partial charge in [0.2, 0.25) is 0 Å². The third kappa shape index (κ3) is 1.63. The Morgan fingerprint density at radius 1 is 1.29 bits per heavy atom. The van der Waals surface area contributed by atoms with Gasteiger partial charge >= 0.3 is 0 Å². The lowest BCUT2D eigenvalue weighted by Gasteiger charge is -2.28. The monoisotopic (exact) mass is 192 g/mol. The van der Waals surface area contributed by atoms with Gasteiger partial charge in [0.15, 0.2) is 0 Å². The Bertz CT molecular complexity index is 297. The minimum absolute atomic E-state index is 1.04. The van der Waals surface area contributed by atoms with Gasteiger partial charge in [-0.2, -0.15) is 5.10 Å². The fourth-order valence-electron chi connectivity index (χ4n) is 2.17. The summed E-state index contributed by atoms with van der Waals surface area (Å²) >= 11 is 0. The number of piperidine rings is 1. The molecule has 0 unspecified atom stereocenters. The smallest absolute Gasteiger partial charge is 0.138 e. The predicted molar refractivity (Wildman–Crippen MR) is 57.5 cm³/mol. The molecule has 2 rings (SSSR count). The maximum absolute atomic E-state index is 4.21. The Balaban J connectivity index is 2.21. The molecular formula is C11H18N3. The number of aromatic nitrogens is 2. The molecule has 0 atom stereocenters. The van der Waals surface area contributed by atoms with Crippen LogP contribution in [0.15, 0.2) is 0 Å². The molecule has 3 heteroatoms. The highest BCUT2D eigenvalue weighted by Crippen LogP contribution is 2.23. The van der Waals surface area contributed by atoms with Gasteiger partial charge in [0.05, 0.1) is 11.4 Å². The quantitative estimate of drug-likeness (QED) is 0.712. The second-order valence-corrected chi connectivity index (χ2v) is 3.93. The van der Waals surface area contributed by atoms with Crippen LogP contribution in [0.2, 0.25) is 0 Å². The number of aryl methyl sites for hydroxylation is 1. The van der Waals surface area contributed by atoms with E-state index in [4.69, 9.17) is 0 Å². The van der Waals surface area contributed by atoms with Gasteiger partial charge in [-0.15, -0.1) is 0 Å². The largest absolute Gasteiger partial charge is 0.368 e. The third-order valence-corrected chi connectivity index (χ3v) is 2.98. The Kier molecular flexibility index (Phi) is 2.75. The van der Waals surface area contributed by atoms with Crippen LogP contribution in [0.1, 0.15) is 31.9 Å². The van der Waals surface area contributed by atoms with Crippen molar-refractivity contribution in [1.82, 2.24) is 9.78 Å². The molecule has 1 aromatic rings. The molecule has 0 N–H and O–H groups in total. The van der Waals surface area contributed by atoms with Crippen LogP contribution in [-0.2, 0) is 13.5 Å². The molecule has 0 aliphatic carbocycles. The summed E-state index contributed by atoms with van der Waals surface area (Å²) in [6, 6.07) is 0. The van der Waals surface area contributed by atoms with E-state index in [0.29, 0.717) is 0 Å². The fourth-order valence-corrected chi connectivity index (χ4v) is 2.17. The summed E-state index contributed by atoms with van der Waals surface area (Å²) in [6.45, 7) is 4.53. The van der Waals surface area contributed by atoms with Crippen molar-refractivity contribution in [3.63, 3.8) is 0 Å². The molecule has 1 aromatic heterocycles. The number of hydrogen-bond donors (Lipinski definition) is 0. The summed E-state index contributed by atoms with van der Waals surface area (Å²) in [4.78, 5) is 2.43. The molecule has 1 saturated heterocycles. The second kappa shape index (κ2) is 4.03. The molecule has 0 bridgehead atoms. The first-order valence-electron chi connectivity index (χ1n) is 5.51. The molecule has 0 amide bonds. The molecule has 1 aliphatic heterocycles. The summed E-state index contributed by atoms with van der Waals surface area (Å²) in [5, 5.41) is 4.21. The van der Waals surface area contributed by atoms with Gasteiger partial charge in [-0.05, 0) is 25.7 Å². The zero-order chi connectivity index (χ0) is 9.97. The van der Waals surface area contributed by atoms with E-state index in [2.05, 4.69) is 23.1 Å². The Morgan fingerprint density at radius 2 is 2.00 bits per heavy atom. The number of anilines is 1. The van der Waals surface area contributed by atoms with Gasteiger partial charge < -0.3 is 4.90 Å². The highest BCUT2D eigenvalue weighted by atomic mass is 15.3. The van der Waals surface area contributed by atoms with E-state index in [1.807, 2.05) is 11.7 Å². The lowest BCUT2D eigenvalue weighted by molar-refractivity contribution is 0.575. The molecule has 14 heavy (non-hydrogen) atoms. The van der Waals surface area contributed by atoms with Gasteiger partial charge in [0.25, 0.3) is 0 Å². The molecule has 0 aromatic carbocycles. The highest BCUT2D eigenvalue weighted by molar-refractivity contribution is 5.48. The summed E-state index contributed by atoms with van der Waals surface area (Å²) in [5.74, 6) is 0. The van der Waals surface area contributed by atoms with E-state index in [1.165, 1.54) is 43.7 Å². The molecule has 0 saturated carbocycles. The van der Waals surface area contributed by atoms with Gasteiger partial charge in [-0.3, -0.25) is 4.68 Å². The lowest BCUT2D eigenvalue weighted by Crippen LogP contribution is -2.30. The van der Waals surface area contributed by atoms with E-state index < -0.39 is 0 Å². The first kappa shape index (κ1) is 9.56. The highest BCUT2D eigenvalue weighted by Gasteiger charge is 2.16. The zero-order valence-electron chi connectivity index (χ0n) is 9.08. The summed E-state index contributed by atoms with van der Waals surface area (Å²) in [6.07, 6.45) is 8.17. The van der Waals surface area contributed by atoms with Crippen LogP contribution in [0.4, 0.5) is 5.69 Å². The average molecular weight is 192 g/mol. The van der Waals surface area contributed by atoms with Crippen LogP contribution >= 0.6 is 0 Å². The van der Waals surface area contributed by atoms with Crippen LogP contribution in [-0.4, -0.2) is 22.9 Å². The Labute approximate surface area is 85.7 Å². The zero-order valence-corrected chi connectivity index (χ0v) is 9.08. The van der Waals surface area contributed by atoms with Crippen LogP contribution in [0, 0.1) is 6.20 Å². The molecule has 1 aliphatic rings. The first-order valence-corrected chi connectivity index (χ1v) is 5.51. The van der Waals surface area contributed by atoms with Crippen molar-refractivity contribution < 1.29 is 0 Å². The van der Waals surface area contributed by atoms with Gasteiger partial charge in [-0.25, -0.2) is 0 Å². The minimum Gasteiger partial charge on any atom is -0.368 e. The average Bonchev–Trinajstić information content (AvgIpc) is 2.61. The van der Waals surface area contributed by atoms with Crippen molar-refractivity contribution in [2.75, 3.05) is 18.0 Å². The molecule has 2 heterocycles. The Hall–Kier alpha value is -0.990. The maximum atomic E-state index is 4.21. The number of nitrogens with zero attached hydrogens (tertiary/aromatic N) is 3. The fraction of sp³-hybridized carbons (Fsp3) is 0.727. The van der Waals surface area contributed by atoms with E-state index in [0.717, 1.165) is 6.42 Å². The minimum atomic E-state index is 1.04. The van der Waals surface area contributed by atoms with Crippen molar-refractivity contribution in [2.24, 2.45) is 7.05 Å². The van der Waals surface area contributed by atoms with E-state index in [9.17, 15) is 0 Å². The van der Waals surface area contributed by atoms with Crippen molar-refractivity contribution in [3.8, 4) is 0 Å². The van der Waals surface area contributed by atoms with E-state index in [-0.39, 0.29) is 0 Å². The van der Waals surface area contributed by atoms with Crippen molar-refractivity contribution >= 4 is 5.69 Å². The van der Waals surface area contributed by atoms with Crippen LogP contribution < -0.4 is 4.90 Å². The second-order valence-electron chi connectivity index (χ2n) is 3.93. The first-order chi connectivity index (χ1) is 6.83. The lowest BCUT2D eigenvalue weighted by atomic mass is 10.1. The van der Waals surface area contributed by atoms with Crippen molar-refractivity contribution in [1.29, 1.82) is 0 Å². The van der Waals surface area contributed by atoms with Crippen LogP contribution in [0.5, 0.6) is 0 Å². The SMILES string of the molecule is CCc1c(N2CCCCC2)[c]nn1C. The topological polar surface area (TPSA) is 21.1 Å². The normalized spacial score (nSPS) is 17.4.